The fourth-order valence-corrected chi connectivity index (χ4v) is 2.25. The van der Waals surface area contributed by atoms with Gasteiger partial charge in [0.1, 0.15) is 11.9 Å². The normalized spacial score (nSPS) is 11.5. The summed E-state index contributed by atoms with van der Waals surface area (Å²) in [4.78, 5) is 34.4. The van der Waals surface area contributed by atoms with Crippen LogP contribution in [0, 0.1) is 15.9 Å². The van der Waals surface area contributed by atoms with Crippen LogP contribution in [0.4, 0.5) is 15.8 Å². The molecule has 0 bridgehead atoms. The molecule has 1 atom stereocenters. The third kappa shape index (κ3) is 4.53. The van der Waals surface area contributed by atoms with Gasteiger partial charge in [-0.3, -0.25) is 14.9 Å². The molecule has 0 fully saturated rings. The van der Waals surface area contributed by atoms with E-state index in [1.807, 2.05) is 0 Å². The highest BCUT2D eigenvalue weighted by Crippen LogP contribution is 2.15. The molecule has 1 amide bonds. The van der Waals surface area contributed by atoms with Crippen molar-refractivity contribution in [3.05, 3.63) is 69.5 Å². The average molecular weight is 361 g/mol. The fourth-order valence-electron chi connectivity index (χ4n) is 2.25. The highest BCUT2D eigenvalue weighted by atomic mass is 19.1. The summed E-state index contributed by atoms with van der Waals surface area (Å²) >= 11 is 0. The smallest absolute Gasteiger partial charge is 0.328 e. The number of esters is 1. The number of hydrogen-bond acceptors (Lipinski definition) is 6. The maximum Gasteiger partial charge on any atom is 0.328 e. The van der Waals surface area contributed by atoms with Crippen molar-refractivity contribution in [3.8, 4) is 0 Å². The minimum Gasteiger partial charge on any atom is -0.467 e. The Morgan fingerprint density at radius 2 is 1.92 bits per heavy atom. The largest absolute Gasteiger partial charge is 0.467 e. The van der Waals surface area contributed by atoms with E-state index in [1.54, 1.807) is 0 Å². The van der Waals surface area contributed by atoms with Gasteiger partial charge in [0.05, 0.1) is 17.7 Å². The molecule has 0 radical (unpaired) electrons. The summed E-state index contributed by atoms with van der Waals surface area (Å²) in [5, 5.41) is 13.2. The van der Waals surface area contributed by atoms with Crippen LogP contribution < -0.4 is 11.1 Å². The number of nitrogen functional groups attached to an aromatic ring is 1. The van der Waals surface area contributed by atoms with Crippen molar-refractivity contribution in [2.24, 2.45) is 0 Å². The number of benzene rings is 2. The standard InChI is InChI=1S/C17H16FN3O5/c1-26-17(23)15(8-10-2-5-12(6-3-10)21(24)25)20-16(22)11-4-7-13(18)14(19)9-11/h2-7,9,15H,8,19H2,1H3,(H,20,22)/t15-/m1/s1. The number of methoxy groups -OCH3 is 1. The highest BCUT2D eigenvalue weighted by molar-refractivity contribution is 5.97. The Labute approximate surface area is 147 Å². The number of ether oxygens (including phenoxy) is 1. The summed E-state index contributed by atoms with van der Waals surface area (Å²) < 4.78 is 17.9. The van der Waals surface area contributed by atoms with Crippen LogP contribution in [0.2, 0.25) is 0 Å². The van der Waals surface area contributed by atoms with Crippen LogP contribution in [0.15, 0.2) is 42.5 Å². The second-order valence-corrected chi connectivity index (χ2v) is 5.41. The Kier molecular flexibility index (Phi) is 5.84. The molecule has 0 aromatic heterocycles. The van der Waals surface area contributed by atoms with Gasteiger partial charge < -0.3 is 15.8 Å². The van der Waals surface area contributed by atoms with Crippen molar-refractivity contribution >= 4 is 23.3 Å². The van der Waals surface area contributed by atoms with E-state index >= 15 is 0 Å². The molecule has 0 aliphatic carbocycles. The molecule has 2 rings (SSSR count). The van der Waals surface area contributed by atoms with Crippen molar-refractivity contribution in [1.29, 1.82) is 0 Å². The molecule has 2 aromatic carbocycles. The third-order valence-electron chi connectivity index (χ3n) is 3.64. The predicted octanol–water partition coefficient (Wildman–Crippen LogP) is 1.83. The molecule has 0 aliphatic heterocycles. The minimum atomic E-state index is -1.03. The maximum absolute atomic E-state index is 13.2. The van der Waals surface area contributed by atoms with Crippen molar-refractivity contribution in [2.75, 3.05) is 12.8 Å². The molecule has 136 valence electrons. The van der Waals surface area contributed by atoms with Crippen molar-refractivity contribution in [2.45, 2.75) is 12.5 Å². The van der Waals surface area contributed by atoms with Crippen LogP contribution in [-0.4, -0.2) is 30.0 Å². The van der Waals surface area contributed by atoms with Gasteiger partial charge in [-0.2, -0.15) is 0 Å². The van der Waals surface area contributed by atoms with Crippen LogP contribution in [0.3, 0.4) is 0 Å². The Bertz CT molecular complexity index is 839. The van der Waals surface area contributed by atoms with Gasteiger partial charge in [0.2, 0.25) is 0 Å². The van der Waals surface area contributed by atoms with Gasteiger partial charge in [-0.1, -0.05) is 12.1 Å². The van der Waals surface area contributed by atoms with E-state index in [1.165, 1.54) is 37.4 Å². The van der Waals surface area contributed by atoms with Gasteiger partial charge in [-0.05, 0) is 23.8 Å². The number of anilines is 1. The zero-order valence-electron chi connectivity index (χ0n) is 13.8. The second-order valence-electron chi connectivity index (χ2n) is 5.41. The lowest BCUT2D eigenvalue weighted by atomic mass is 10.0. The fraction of sp³-hybridized carbons (Fsp3) is 0.176. The van der Waals surface area contributed by atoms with E-state index in [2.05, 4.69) is 10.1 Å². The van der Waals surface area contributed by atoms with E-state index in [0.29, 0.717) is 5.56 Å². The molecular formula is C17H16FN3O5. The SMILES string of the molecule is COC(=O)[C@@H](Cc1ccc([N+](=O)[O-])cc1)NC(=O)c1ccc(F)c(N)c1. The number of amides is 1. The van der Waals surface area contributed by atoms with Crippen LogP contribution in [0.1, 0.15) is 15.9 Å². The monoisotopic (exact) mass is 361 g/mol. The summed E-state index contributed by atoms with van der Waals surface area (Å²) in [5.41, 5.74) is 5.83. The Hall–Kier alpha value is -3.49. The number of nitrogens with one attached hydrogen (secondary N) is 1. The molecule has 0 saturated carbocycles. The van der Waals surface area contributed by atoms with Gasteiger partial charge in [0, 0.05) is 24.1 Å². The number of rotatable bonds is 6. The molecule has 9 heteroatoms. The first-order valence-corrected chi connectivity index (χ1v) is 7.49. The molecule has 0 saturated heterocycles. The third-order valence-corrected chi connectivity index (χ3v) is 3.64. The van der Waals surface area contributed by atoms with Gasteiger partial charge in [0.15, 0.2) is 0 Å². The number of carbonyl (C=O) groups excluding carboxylic acids is 2. The zero-order chi connectivity index (χ0) is 19.3. The summed E-state index contributed by atoms with van der Waals surface area (Å²) in [6.07, 6.45) is 0.0626. The van der Waals surface area contributed by atoms with Crippen molar-refractivity contribution in [1.82, 2.24) is 5.32 Å². The molecule has 0 aliphatic rings. The highest BCUT2D eigenvalue weighted by Gasteiger charge is 2.23. The summed E-state index contributed by atoms with van der Waals surface area (Å²) in [5.74, 6) is -1.97. The molecule has 0 unspecified atom stereocenters. The number of carbonyl (C=O) groups is 2. The van der Waals surface area contributed by atoms with E-state index < -0.39 is 28.7 Å². The van der Waals surface area contributed by atoms with Gasteiger partial charge in [-0.15, -0.1) is 0 Å². The first kappa shape index (κ1) is 18.8. The number of nitro benzene ring substituents is 1. The molecule has 0 spiro atoms. The van der Waals surface area contributed by atoms with E-state index in [9.17, 15) is 24.1 Å². The molecule has 8 nitrogen and oxygen atoms in total. The van der Waals surface area contributed by atoms with Crippen LogP contribution in [-0.2, 0) is 16.0 Å². The summed E-state index contributed by atoms with van der Waals surface area (Å²) in [7, 11) is 1.17. The van der Waals surface area contributed by atoms with Crippen LogP contribution in [0.25, 0.3) is 0 Å². The Balaban J connectivity index is 2.16. The number of non-ortho nitro benzene ring substituents is 1. The number of nitro groups is 1. The maximum atomic E-state index is 13.2. The topological polar surface area (TPSA) is 125 Å². The van der Waals surface area contributed by atoms with E-state index in [4.69, 9.17) is 5.73 Å². The first-order chi connectivity index (χ1) is 12.3. The first-order valence-electron chi connectivity index (χ1n) is 7.49. The van der Waals surface area contributed by atoms with Crippen molar-refractivity contribution < 1.29 is 23.6 Å². The van der Waals surface area contributed by atoms with Gasteiger partial charge in [0.25, 0.3) is 11.6 Å². The number of nitrogens with two attached hydrogens (primary N) is 1. The van der Waals surface area contributed by atoms with E-state index in [0.717, 1.165) is 12.1 Å². The van der Waals surface area contributed by atoms with Crippen LogP contribution >= 0.6 is 0 Å². The predicted molar refractivity (Wildman–Crippen MR) is 90.9 cm³/mol. The van der Waals surface area contributed by atoms with Crippen LogP contribution in [0.5, 0.6) is 0 Å². The lowest BCUT2D eigenvalue weighted by Gasteiger charge is -2.17. The lowest BCUT2D eigenvalue weighted by Crippen LogP contribution is -2.43. The quantitative estimate of drug-likeness (QED) is 0.350. The molecule has 3 N–H and O–H groups in total. The molecule has 26 heavy (non-hydrogen) atoms. The lowest BCUT2D eigenvalue weighted by molar-refractivity contribution is -0.384. The van der Waals surface area contributed by atoms with E-state index in [-0.39, 0.29) is 23.4 Å². The Morgan fingerprint density at radius 3 is 2.46 bits per heavy atom. The zero-order valence-corrected chi connectivity index (χ0v) is 13.8. The summed E-state index contributed by atoms with van der Waals surface area (Å²) in [6, 6.07) is 7.98. The molecular weight excluding hydrogens is 345 g/mol. The summed E-state index contributed by atoms with van der Waals surface area (Å²) in [6.45, 7) is 0. The molecule has 0 heterocycles. The second kappa shape index (κ2) is 8.06. The van der Waals surface area contributed by atoms with Gasteiger partial charge >= 0.3 is 5.97 Å². The number of hydrogen-bond donors (Lipinski definition) is 2. The number of halogens is 1. The van der Waals surface area contributed by atoms with Gasteiger partial charge in [-0.25, -0.2) is 9.18 Å². The molecule has 2 aromatic rings. The average Bonchev–Trinajstić information content (AvgIpc) is 2.63. The Morgan fingerprint density at radius 1 is 1.27 bits per heavy atom. The number of nitrogens with zero attached hydrogens (tertiary/aromatic N) is 1. The van der Waals surface area contributed by atoms with Crippen molar-refractivity contribution in [3.63, 3.8) is 0 Å². The minimum absolute atomic E-state index is 0.0626.